The largest absolute Gasteiger partial charge is 0.349 e. The van der Waals surface area contributed by atoms with Crippen LogP contribution in [0.1, 0.15) is 76.6 Å². The van der Waals surface area contributed by atoms with Crippen molar-refractivity contribution in [2.75, 3.05) is 0 Å². The van der Waals surface area contributed by atoms with Crippen molar-refractivity contribution < 1.29 is 0 Å². The van der Waals surface area contributed by atoms with E-state index in [-0.39, 0.29) is 17.0 Å². The summed E-state index contributed by atoms with van der Waals surface area (Å²) < 4.78 is 2.43. The Kier molecular flexibility index (Phi) is 9.53. The SMILES string of the molecule is Br.CCCCCCCCc1c(C)ccn1C(C)C. The van der Waals surface area contributed by atoms with E-state index in [1.165, 1.54) is 50.5 Å². The molecule has 0 radical (unpaired) electrons. The summed E-state index contributed by atoms with van der Waals surface area (Å²) in [5, 5.41) is 0. The fraction of sp³-hybridized carbons (Fsp3) is 0.750. The van der Waals surface area contributed by atoms with E-state index < -0.39 is 0 Å². The Bertz CT molecular complexity index is 315. The van der Waals surface area contributed by atoms with Gasteiger partial charge < -0.3 is 4.57 Å². The molecule has 0 bridgehead atoms. The van der Waals surface area contributed by atoms with Crippen molar-refractivity contribution in [2.45, 2.75) is 78.7 Å². The van der Waals surface area contributed by atoms with Gasteiger partial charge in [0.1, 0.15) is 0 Å². The van der Waals surface area contributed by atoms with Crippen LogP contribution in [0.5, 0.6) is 0 Å². The number of hydrogen-bond acceptors (Lipinski definition) is 0. The summed E-state index contributed by atoms with van der Waals surface area (Å²) in [6, 6.07) is 2.85. The lowest BCUT2D eigenvalue weighted by atomic mass is 10.1. The Labute approximate surface area is 124 Å². The van der Waals surface area contributed by atoms with Gasteiger partial charge in [-0.05, 0) is 45.2 Å². The maximum atomic E-state index is 2.43. The molecule has 0 fully saturated rings. The zero-order chi connectivity index (χ0) is 12.7. The maximum absolute atomic E-state index is 2.43. The number of rotatable bonds is 8. The van der Waals surface area contributed by atoms with E-state index in [4.69, 9.17) is 0 Å². The van der Waals surface area contributed by atoms with Gasteiger partial charge in [0.2, 0.25) is 0 Å². The predicted molar refractivity (Wildman–Crippen MR) is 87.0 cm³/mol. The molecule has 1 aromatic heterocycles. The molecule has 1 heterocycles. The highest BCUT2D eigenvalue weighted by molar-refractivity contribution is 8.93. The smallest absolute Gasteiger partial charge is 0.0276 e. The highest BCUT2D eigenvalue weighted by Gasteiger charge is 2.07. The lowest BCUT2D eigenvalue weighted by Crippen LogP contribution is -2.05. The van der Waals surface area contributed by atoms with E-state index >= 15 is 0 Å². The molecule has 0 N–H and O–H groups in total. The molecular weight excluding hydrogens is 286 g/mol. The summed E-state index contributed by atoms with van der Waals surface area (Å²) in [7, 11) is 0. The van der Waals surface area contributed by atoms with Crippen molar-refractivity contribution in [3.63, 3.8) is 0 Å². The summed E-state index contributed by atoms with van der Waals surface area (Å²) in [6.07, 6.45) is 11.8. The zero-order valence-electron chi connectivity index (χ0n) is 12.5. The number of nitrogens with zero attached hydrogens (tertiary/aromatic N) is 1. The van der Waals surface area contributed by atoms with Crippen molar-refractivity contribution in [3.05, 3.63) is 23.5 Å². The molecule has 0 saturated carbocycles. The first-order chi connectivity index (χ1) is 8.16. The first-order valence-electron chi connectivity index (χ1n) is 7.33. The van der Waals surface area contributed by atoms with E-state index in [1.807, 2.05) is 0 Å². The maximum Gasteiger partial charge on any atom is 0.0276 e. The zero-order valence-corrected chi connectivity index (χ0v) is 14.3. The molecule has 2 heteroatoms. The van der Waals surface area contributed by atoms with Crippen LogP contribution < -0.4 is 0 Å². The second kappa shape index (κ2) is 9.66. The Morgan fingerprint density at radius 1 is 1.06 bits per heavy atom. The standard InChI is InChI=1S/C16H29N.BrH/c1-5-6-7-8-9-10-11-16-15(4)12-13-17(16)14(2)3;/h12-14H,5-11H2,1-4H3;1H. The normalized spacial score (nSPS) is 10.7. The van der Waals surface area contributed by atoms with Crippen LogP contribution in [0.4, 0.5) is 0 Å². The number of halogens is 1. The van der Waals surface area contributed by atoms with E-state index in [1.54, 1.807) is 5.69 Å². The van der Waals surface area contributed by atoms with Crippen LogP contribution in [0.3, 0.4) is 0 Å². The topological polar surface area (TPSA) is 4.93 Å². The van der Waals surface area contributed by atoms with Crippen molar-refractivity contribution >= 4 is 17.0 Å². The van der Waals surface area contributed by atoms with Gasteiger partial charge in [0.25, 0.3) is 0 Å². The molecule has 106 valence electrons. The molecule has 18 heavy (non-hydrogen) atoms. The summed E-state index contributed by atoms with van der Waals surface area (Å²) in [5.41, 5.74) is 3.02. The van der Waals surface area contributed by atoms with E-state index in [0.29, 0.717) is 6.04 Å². The van der Waals surface area contributed by atoms with Gasteiger partial charge in [-0.2, -0.15) is 0 Å². The molecule has 0 unspecified atom stereocenters. The van der Waals surface area contributed by atoms with Crippen LogP contribution in [0.25, 0.3) is 0 Å². The highest BCUT2D eigenvalue weighted by Crippen LogP contribution is 2.18. The minimum absolute atomic E-state index is 0. The van der Waals surface area contributed by atoms with Gasteiger partial charge in [-0.25, -0.2) is 0 Å². The molecule has 0 spiro atoms. The lowest BCUT2D eigenvalue weighted by Gasteiger charge is -2.14. The van der Waals surface area contributed by atoms with Crippen molar-refractivity contribution in [1.29, 1.82) is 0 Å². The number of unbranched alkanes of at least 4 members (excludes halogenated alkanes) is 5. The molecule has 0 amide bonds. The molecule has 0 aliphatic carbocycles. The Morgan fingerprint density at radius 2 is 1.67 bits per heavy atom. The molecule has 1 aromatic rings. The van der Waals surface area contributed by atoms with Crippen LogP contribution in [-0.2, 0) is 6.42 Å². The predicted octanol–water partition coefficient (Wildman–Crippen LogP) is 5.86. The highest BCUT2D eigenvalue weighted by atomic mass is 79.9. The average Bonchev–Trinajstić information content (AvgIpc) is 2.65. The van der Waals surface area contributed by atoms with Crippen LogP contribution in [0.2, 0.25) is 0 Å². The lowest BCUT2D eigenvalue weighted by molar-refractivity contribution is 0.552. The van der Waals surface area contributed by atoms with Crippen molar-refractivity contribution in [3.8, 4) is 0 Å². The van der Waals surface area contributed by atoms with Gasteiger partial charge >= 0.3 is 0 Å². The van der Waals surface area contributed by atoms with Gasteiger partial charge in [-0.1, -0.05) is 39.0 Å². The molecule has 0 saturated heterocycles. The fourth-order valence-electron chi connectivity index (χ4n) is 2.46. The molecular formula is C16H30BrN. The molecule has 0 aliphatic rings. The summed E-state index contributed by atoms with van der Waals surface area (Å²) in [4.78, 5) is 0. The first kappa shape index (κ1) is 17.8. The van der Waals surface area contributed by atoms with Gasteiger partial charge in [0.05, 0.1) is 0 Å². The quantitative estimate of drug-likeness (QED) is 0.529. The van der Waals surface area contributed by atoms with Crippen LogP contribution in [0.15, 0.2) is 12.3 Å². The Morgan fingerprint density at radius 3 is 2.28 bits per heavy atom. The third-order valence-corrected chi connectivity index (χ3v) is 3.58. The number of aromatic nitrogens is 1. The van der Waals surface area contributed by atoms with Crippen LogP contribution in [-0.4, -0.2) is 4.57 Å². The van der Waals surface area contributed by atoms with Crippen molar-refractivity contribution in [1.82, 2.24) is 4.57 Å². The Balaban J connectivity index is 0.00000289. The minimum Gasteiger partial charge on any atom is -0.349 e. The second-order valence-electron chi connectivity index (χ2n) is 5.46. The summed E-state index contributed by atoms with van der Waals surface area (Å²) in [6.45, 7) is 9.05. The van der Waals surface area contributed by atoms with Gasteiger partial charge in [0, 0.05) is 17.9 Å². The molecule has 0 aliphatic heterocycles. The fourth-order valence-corrected chi connectivity index (χ4v) is 2.46. The average molecular weight is 316 g/mol. The molecule has 0 aromatic carbocycles. The van der Waals surface area contributed by atoms with Crippen molar-refractivity contribution in [2.24, 2.45) is 0 Å². The van der Waals surface area contributed by atoms with Crippen LogP contribution in [0, 0.1) is 6.92 Å². The van der Waals surface area contributed by atoms with Gasteiger partial charge in [-0.15, -0.1) is 17.0 Å². The third-order valence-electron chi connectivity index (χ3n) is 3.58. The summed E-state index contributed by atoms with van der Waals surface area (Å²) >= 11 is 0. The molecule has 1 rings (SSSR count). The third kappa shape index (κ3) is 5.60. The van der Waals surface area contributed by atoms with Crippen LogP contribution >= 0.6 is 17.0 Å². The van der Waals surface area contributed by atoms with E-state index in [9.17, 15) is 0 Å². The summed E-state index contributed by atoms with van der Waals surface area (Å²) in [5.74, 6) is 0. The first-order valence-corrected chi connectivity index (χ1v) is 7.33. The number of aryl methyl sites for hydroxylation is 1. The molecule has 0 atom stereocenters. The van der Waals surface area contributed by atoms with E-state index in [0.717, 1.165) is 0 Å². The monoisotopic (exact) mass is 315 g/mol. The second-order valence-corrected chi connectivity index (χ2v) is 5.46. The van der Waals surface area contributed by atoms with E-state index in [2.05, 4.69) is 44.5 Å². The van der Waals surface area contributed by atoms with Gasteiger partial charge in [0.15, 0.2) is 0 Å². The molecule has 1 nitrogen and oxygen atoms in total. The number of hydrogen-bond donors (Lipinski definition) is 0. The Hall–Kier alpha value is -0.240. The van der Waals surface area contributed by atoms with Gasteiger partial charge in [-0.3, -0.25) is 0 Å². The minimum atomic E-state index is 0.